The minimum Gasteiger partial charge on any atom is -0.490 e. The minimum absolute atomic E-state index is 0.00218. The van der Waals surface area contributed by atoms with Gasteiger partial charge in [0.1, 0.15) is 17.2 Å². The van der Waals surface area contributed by atoms with Gasteiger partial charge in [-0.3, -0.25) is 0 Å². The highest BCUT2D eigenvalue weighted by atomic mass is 19.4. The number of unbranched alkanes of at least 4 members (excludes halogenated alkanes) is 5. The Kier molecular flexibility index (Phi) is 21.6. The molecule has 0 aliphatic carbocycles. The molecule has 0 saturated carbocycles. The van der Waals surface area contributed by atoms with Crippen molar-refractivity contribution in [2.24, 2.45) is 0 Å². The third-order valence-corrected chi connectivity index (χ3v) is 11.7. The van der Waals surface area contributed by atoms with E-state index in [1.54, 1.807) is 13.8 Å². The first kappa shape index (κ1) is 63.0. The van der Waals surface area contributed by atoms with Gasteiger partial charge in [-0.25, -0.2) is 4.48 Å². The maximum Gasteiger partial charge on any atom is 0.864 e. The zero-order chi connectivity index (χ0) is 55.6. The molecule has 3 aromatic carbocycles. The summed E-state index contributed by atoms with van der Waals surface area (Å²) in [5, 5.41) is 0. The molecule has 0 aliphatic rings. The molecule has 0 aliphatic heterocycles. The average molecular weight is 1080 g/mol. The SMILES string of the molecule is CCCCCCCC[N+](C(C)OCCC)(C(C)OCCC)C(C)(OCCC)c1c(OB(Oc2cc(C(F)(F)F)cc(C(F)(F)F)c2)Oc2cc(C(F)(F)F)cc(C(F)(F)F)c2)cc(C(F)(F)F)cc1C(F)(F)F. The van der Waals surface area contributed by atoms with Crippen LogP contribution in [0.4, 0.5) is 79.0 Å². The largest absolute Gasteiger partial charge is 0.864 e. The quantitative estimate of drug-likeness (QED) is 0.0263. The third-order valence-electron chi connectivity index (χ3n) is 11.7. The van der Waals surface area contributed by atoms with Crippen LogP contribution >= 0.6 is 0 Å². The smallest absolute Gasteiger partial charge is 0.490 e. The molecule has 0 spiro atoms. The van der Waals surface area contributed by atoms with Crippen LogP contribution in [-0.4, -0.2) is 50.6 Å². The van der Waals surface area contributed by atoms with E-state index in [9.17, 15) is 65.9 Å². The molecule has 0 aromatic heterocycles. The van der Waals surface area contributed by atoms with Gasteiger partial charge in [-0.05, 0) is 80.6 Å². The second-order valence-corrected chi connectivity index (χ2v) is 17.2. The Balaban J connectivity index is 2.72. The Hall–Kier alpha value is -4.30. The monoisotopic (exact) mass is 1080 g/mol. The molecule has 0 bridgehead atoms. The molecule has 3 aromatic rings. The maximum atomic E-state index is 15.9. The normalized spacial score (nSPS) is 15.6. The van der Waals surface area contributed by atoms with Gasteiger partial charge in [0.05, 0.1) is 65.3 Å². The van der Waals surface area contributed by atoms with Crippen molar-refractivity contribution in [2.45, 2.75) is 161 Å². The summed E-state index contributed by atoms with van der Waals surface area (Å²) in [6.07, 6.45) is -32.6. The Morgan fingerprint density at radius 3 is 1.16 bits per heavy atom. The van der Waals surface area contributed by atoms with Gasteiger partial charge < -0.3 is 28.2 Å². The van der Waals surface area contributed by atoms with Crippen LogP contribution in [0, 0.1) is 0 Å². The van der Waals surface area contributed by atoms with E-state index >= 15 is 13.2 Å². The summed E-state index contributed by atoms with van der Waals surface area (Å²) in [5.74, 6) is -4.94. The molecular weight excluding hydrogens is 1030 g/mol. The molecule has 414 valence electrons. The van der Waals surface area contributed by atoms with E-state index in [1.165, 1.54) is 20.8 Å². The number of nitrogens with zero attached hydrogens (tertiary/aromatic N) is 1. The highest BCUT2D eigenvalue weighted by Crippen LogP contribution is 2.53. The molecule has 7 nitrogen and oxygen atoms in total. The van der Waals surface area contributed by atoms with Crippen molar-refractivity contribution in [1.29, 1.82) is 0 Å². The topological polar surface area (TPSA) is 55.4 Å². The summed E-state index contributed by atoms with van der Waals surface area (Å²) < 4.78 is 295. The Morgan fingerprint density at radius 2 is 0.808 bits per heavy atom. The fourth-order valence-electron chi connectivity index (χ4n) is 8.23. The first-order chi connectivity index (χ1) is 33.5. The summed E-state index contributed by atoms with van der Waals surface area (Å²) >= 11 is 0. The number of rotatable bonds is 26. The maximum absolute atomic E-state index is 15.9. The second-order valence-electron chi connectivity index (χ2n) is 17.2. The van der Waals surface area contributed by atoms with E-state index in [-0.39, 0.29) is 69.0 Å². The van der Waals surface area contributed by atoms with Crippen molar-refractivity contribution in [3.63, 3.8) is 0 Å². The van der Waals surface area contributed by atoms with Crippen LogP contribution in [0.15, 0.2) is 48.5 Å². The van der Waals surface area contributed by atoms with Crippen LogP contribution in [-0.2, 0) is 57.0 Å². The van der Waals surface area contributed by atoms with Crippen molar-refractivity contribution in [3.8, 4) is 17.2 Å². The summed E-state index contributed by atoms with van der Waals surface area (Å²) in [6, 6.07) is -1.96. The molecule has 0 amide bonds. The number of halogens is 18. The average Bonchev–Trinajstić information content (AvgIpc) is 3.26. The van der Waals surface area contributed by atoms with Gasteiger partial charge in [0.25, 0.3) is 0 Å². The lowest BCUT2D eigenvalue weighted by Gasteiger charge is -2.56. The van der Waals surface area contributed by atoms with E-state index in [1.807, 2.05) is 6.92 Å². The van der Waals surface area contributed by atoms with Crippen LogP contribution in [0.25, 0.3) is 0 Å². The molecule has 0 heterocycles. The molecule has 0 radical (unpaired) electrons. The van der Waals surface area contributed by atoms with E-state index < -0.39 is 142 Å². The molecule has 3 unspecified atom stereocenters. The zero-order valence-corrected chi connectivity index (χ0v) is 40.7. The van der Waals surface area contributed by atoms with Crippen LogP contribution < -0.4 is 14.0 Å². The lowest BCUT2D eigenvalue weighted by atomic mass is 9.89. The number of hydrogen-bond donors (Lipinski definition) is 0. The highest BCUT2D eigenvalue weighted by molar-refractivity contribution is 6.39. The number of benzene rings is 3. The standard InChI is InChI=1S/C47H57BF18NO6/c1-8-12-13-14-15-16-17-67(29(5)68-18-9-2,30(6)69-19-10-3)41(7,70-20-11-4)40-38(47(64,65)66)27-35(46(61,62)63)28-39(40)73-48(71-36-23-31(42(49,50)51)21-32(24-36)43(52,53)54)72-37-25-33(44(55,56)57)22-34(26-37)45(58,59)60/h21-30H,8-20H2,1-7H3/q+1. The molecular formula is C47H57BF18NO6+. The van der Waals surface area contributed by atoms with Gasteiger partial charge in [-0.2, -0.15) is 79.0 Å². The predicted octanol–water partition coefficient (Wildman–Crippen LogP) is 16.6. The summed E-state index contributed by atoms with van der Waals surface area (Å²) in [5.41, 5.74) is -17.0. The van der Waals surface area contributed by atoms with Gasteiger partial charge in [0, 0.05) is 20.8 Å². The van der Waals surface area contributed by atoms with Gasteiger partial charge in [0.2, 0.25) is 5.72 Å². The highest BCUT2D eigenvalue weighted by Gasteiger charge is 2.62. The van der Waals surface area contributed by atoms with Gasteiger partial charge >= 0.3 is 44.4 Å². The van der Waals surface area contributed by atoms with Crippen molar-refractivity contribution >= 4 is 7.32 Å². The first-order valence-corrected chi connectivity index (χ1v) is 23.2. The van der Waals surface area contributed by atoms with E-state index in [2.05, 4.69) is 0 Å². The van der Waals surface area contributed by atoms with Gasteiger partial charge in [0.15, 0.2) is 12.5 Å². The molecule has 0 saturated heterocycles. The van der Waals surface area contributed by atoms with Crippen molar-refractivity contribution in [1.82, 2.24) is 0 Å². The van der Waals surface area contributed by atoms with Crippen LogP contribution in [0.5, 0.6) is 17.2 Å². The van der Waals surface area contributed by atoms with Gasteiger partial charge in [-0.1, -0.05) is 53.4 Å². The van der Waals surface area contributed by atoms with Crippen LogP contribution in [0.2, 0.25) is 0 Å². The lowest BCUT2D eigenvalue weighted by Crippen LogP contribution is -2.72. The molecule has 73 heavy (non-hydrogen) atoms. The fraction of sp³-hybridized carbons (Fsp3) is 0.617. The minimum atomic E-state index is -5.86. The number of quaternary nitrogens is 1. The molecule has 26 heteroatoms. The Morgan fingerprint density at radius 1 is 0.438 bits per heavy atom. The van der Waals surface area contributed by atoms with E-state index in [4.69, 9.17) is 28.2 Å². The Bertz CT molecular complexity index is 2050. The number of alkyl halides is 18. The summed E-state index contributed by atoms with van der Waals surface area (Å²) in [6.45, 7) is 9.86. The predicted molar refractivity (Wildman–Crippen MR) is 230 cm³/mol. The van der Waals surface area contributed by atoms with Crippen molar-refractivity contribution in [3.05, 3.63) is 87.5 Å². The van der Waals surface area contributed by atoms with Crippen molar-refractivity contribution in [2.75, 3.05) is 26.4 Å². The molecule has 3 rings (SSSR count). The van der Waals surface area contributed by atoms with Crippen molar-refractivity contribution < 1.29 is 112 Å². The van der Waals surface area contributed by atoms with Crippen LogP contribution in [0.3, 0.4) is 0 Å². The number of ether oxygens (including phenoxy) is 3. The molecule has 3 atom stereocenters. The fourth-order valence-corrected chi connectivity index (χ4v) is 8.23. The first-order valence-electron chi connectivity index (χ1n) is 23.2. The Labute approximate surface area is 411 Å². The van der Waals surface area contributed by atoms with Crippen LogP contribution in [0.1, 0.15) is 145 Å². The van der Waals surface area contributed by atoms with Gasteiger partial charge in [-0.15, -0.1) is 0 Å². The second kappa shape index (κ2) is 25.0. The lowest BCUT2D eigenvalue weighted by molar-refractivity contribution is -1.07. The van der Waals surface area contributed by atoms with E-state index in [0.717, 1.165) is 26.2 Å². The molecule has 0 N–H and O–H groups in total. The third kappa shape index (κ3) is 16.6. The number of hydrogen-bond acceptors (Lipinski definition) is 6. The molecule has 0 fully saturated rings. The summed E-state index contributed by atoms with van der Waals surface area (Å²) in [7, 11) is -3.42. The summed E-state index contributed by atoms with van der Waals surface area (Å²) in [4.78, 5) is 0. The van der Waals surface area contributed by atoms with E-state index in [0.29, 0.717) is 25.7 Å². The zero-order valence-electron chi connectivity index (χ0n) is 40.7.